The Kier molecular flexibility index (Phi) is 6.05. The van der Waals surface area contributed by atoms with Crippen LogP contribution in [0.4, 0.5) is 5.13 Å². The van der Waals surface area contributed by atoms with Gasteiger partial charge in [0.25, 0.3) is 5.56 Å². The van der Waals surface area contributed by atoms with Crippen molar-refractivity contribution in [1.82, 2.24) is 25.2 Å². The fourth-order valence-corrected chi connectivity index (χ4v) is 5.12. The SMILES string of the molecule is CNC(=O)[C@H]1CCCN(c2nc3ncn(CC(=O)NCc4ccc5c(c4)OCO5)c(=O)c3s2)C1. The fraction of sp³-hybridized carbons (Fsp3) is 0.409. The van der Waals surface area contributed by atoms with Crippen LogP contribution >= 0.6 is 11.3 Å². The second-order valence-corrected chi connectivity index (χ2v) is 9.17. The molecule has 2 aliphatic rings. The molecule has 2 aromatic heterocycles. The van der Waals surface area contributed by atoms with E-state index in [-0.39, 0.29) is 36.6 Å². The van der Waals surface area contributed by atoms with E-state index in [4.69, 9.17) is 9.47 Å². The quantitative estimate of drug-likeness (QED) is 0.527. The third-order valence-electron chi connectivity index (χ3n) is 5.92. The Hall–Kier alpha value is -3.67. The molecule has 1 aromatic carbocycles. The predicted octanol–water partition coefficient (Wildman–Crippen LogP) is 0.860. The number of carbonyl (C=O) groups excluding carboxylic acids is 2. The first-order valence-corrected chi connectivity index (χ1v) is 11.8. The Balaban J connectivity index is 1.26. The topological polar surface area (TPSA) is 128 Å². The van der Waals surface area contributed by atoms with Gasteiger partial charge < -0.3 is 25.0 Å². The summed E-state index contributed by atoms with van der Waals surface area (Å²) >= 11 is 1.24. The summed E-state index contributed by atoms with van der Waals surface area (Å²) in [6.45, 7) is 1.66. The Labute approximate surface area is 198 Å². The van der Waals surface area contributed by atoms with Crippen LogP contribution in [0.1, 0.15) is 18.4 Å². The molecule has 0 spiro atoms. The number of nitrogens with zero attached hydrogens (tertiary/aromatic N) is 4. The van der Waals surface area contributed by atoms with Gasteiger partial charge in [0.05, 0.1) is 5.92 Å². The molecule has 0 bridgehead atoms. The van der Waals surface area contributed by atoms with E-state index in [1.807, 2.05) is 17.0 Å². The largest absolute Gasteiger partial charge is 0.454 e. The molecule has 34 heavy (non-hydrogen) atoms. The van der Waals surface area contributed by atoms with Gasteiger partial charge in [-0.15, -0.1) is 0 Å². The Morgan fingerprint density at radius 2 is 2.12 bits per heavy atom. The predicted molar refractivity (Wildman–Crippen MR) is 125 cm³/mol. The summed E-state index contributed by atoms with van der Waals surface area (Å²) < 4.78 is 12.3. The lowest BCUT2D eigenvalue weighted by Crippen LogP contribution is -2.42. The lowest BCUT2D eigenvalue weighted by atomic mass is 9.98. The number of ether oxygens (including phenoxy) is 2. The lowest BCUT2D eigenvalue weighted by Gasteiger charge is -2.31. The summed E-state index contributed by atoms with van der Waals surface area (Å²) in [7, 11) is 1.64. The fourth-order valence-electron chi connectivity index (χ4n) is 4.11. The average Bonchev–Trinajstić information content (AvgIpc) is 3.51. The smallest absolute Gasteiger partial charge is 0.273 e. The average molecular weight is 485 g/mol. The molecule has 178 valence electrons. The van der Waals surface area contributed by atoms with E-state index in [1.165, 1.54) is 22.2 Å². The number of carbonyl (C=O) groups is 2. The molecule has 2 amide bonds. The Bertz CT molecular complexity index is 1300. The second-order valence-electron chi connectivity index (χ2n) is 8.19. The van der Waals surface area contributed by atoms with E-state index in [2.05, 4.69) is 20.6 Å². The number of fused-ring (bicyclic) bond motifs is 2. The molecule has 2 aliphatic heterocycles. The first-order chi connectivity index (χ1) is 16.5. The van der Waals surface area contributed by atoms with Crippen molar-refractivity contribution in [1.29, 1.82) is 0 Å². The number of hydrogen-bond donors (Lipinski definition) is 2. The molecule has 4 heterocycles. The molecule has 2 N–H and O–H groups in total. The summed E-state index contributed by atoms with van der Waals surface area (Å²) in [4.78, 5) is 48.3. The molecule has 0 unspecified atom stereocenters. The van der Waals surface area contributed by atoms with E-state index in [0.717, 1.165) is 24.9 Å². The number of aromatic nitrogens is 3. The summed E-state index contributed by atoms with van der Waals surface area (Å²) in [6, 6.07) is 5.46. The number of anilines is 1. The minimum atomic E-state index is -0.313. The first kappa shape index (κ1) is 22.1. The van der Waals surface area contributed by atoms with Gasteiger partial charge in [0.1, 0.15) is 17.6 Å². The number of rotatable bonds is 6. The number of benzene rings is 1. The third-order valence-corrected chi connectivity index (χ3v) is 7.02. The normalized spacial score (nSPS) is 17.1. The Morgan fingerprint density at radius 3 is 2.97 bits per heavy atom. The molecule has 11 nitrogen and oxygen atoms in total. The van der Waals surface area contributed by atoms with Crippen molar-refractivity contribution >= 4 is 38.6 Å². The highest BCUT2D eigenvalue weighted by Crippen LogP contribution is 2.32. The maximum absolute atomic E-state index is 13.0. The van der Waals surface area contributed by atoms with Crippen LogP contribution in [0.15, 0.2) is 29.3 Å². The molecular formula is C22H24N6O5S. The van der Waals surface area contributed by atoms with Gasteiger partial charge in [-0.25, -0.2) is 4.98 Å². The number of thiazole rings is 1. The van der Waals surface area contributed by atoms with Gasteiger partial charge in [-0.1, -0.05) is 17.4 Å². The van der Waals surface area contributed by atoms with Crippen LogP contribution in [0.25, 0.3) is 10.3 Å². The molecule has 0 radical (unpaired) electrons. The van der Waals surface area contributed by atoms with Crippen molar-refractivity contribution in [2.45, 2.75) is 25.9 Å². The maximum atomic E-state index is 13.0. The monoisotopic (exact) mass is 484 g/mol. The number of hydrogen-bond acceptors (Lipinski definition) is 9. The summed E-state index contributed by atoms with van der Waals surface area (Å²) in [5, 5.41) is 6.18. The highest BCUT2D eigenvalue weighted by molar-refractivity contribution is 7.22. The van der Waals surface area contributed by atoms with Gasteiger partial charge in [0, 0.05) is 26.7 Å². The highest BCUT2D eigenvalue weighted by atomic mass is 32.1. The van der Waals surface area contributed by atoms with Crippen LogP contribution in [0.2, 0.25) is 0 Å². The minimum Gasteiger partial charge on any atom is -0.454 e. The first-order valence-electron chi connectivity index (χ1n) is 11.0. The van der Waals surface area contributed by atoms with Gasteiger partial charge >= 0.3 is 0 Å². The van der Waals surface area contributed by atoms with Crippen molar-refractivity contribution in [2.24, 2.45) is 5.92 Å². The van der Waals surface area contributed by atoms with Crippen molar-refractivity contribution in [3.05, 3.63) is 40.4 Å². The molecule has 0 aliphatic carbocycles. The van der Waals surface area contributed by atoms with Crippen molar-refractivity contribution in [3.63, 3.8) is 0 Å². The molecule has 1 saturated heterocycles. The van der Waals surface area contributed by atoms with Gasteiger partial charge in [-0.3, -0.25) is 19.0 Å². The molecule has 5 rings (SSSR count). The molecular weight excluding hydrogens is 460 g/mol. The third kappa shape index (κ3) is 4.40. The van der Waals surface area contributed by atoms with Crippen molar-refractivity contribution in [3.8, 4) is 11.5 Å². The van der Waals surface area contributed by atoms with Crippen LogP contribution in [-0.2, 0) is 22.7 Å². The van der Waals surface area contributed by atoms with E-state index in [1.54, 1.807) is 13.1 Å². The van der Waals surface area contributed by atoms with E-state index >= 15 is 0 Å². The maximum Gasteiger partial charge on any atom is 0.273 e. The standard InChI is InChI=1S/C22H24N6O5S/c1-23-20(30)14-3-2-6-27(9-14)22-26-19-18(34-22)21(31)28(11-25-19)10-17(29)24-8-13-4-5-15-16(7-13)33-12-32-15/h4-5,7,11,14H,2-3,6,8-10,12H2,1H3,(H,23,30)(H,24,29)/t14-/m0/s1. The molecule has 1 fully saturated rings. The number of piperidine rings is 1. The van der Waals surface area contributed by atoms with Crippen LogP contribution in [0, 0.1) is 5.92 Å². The molecule has 12 heteroatoms. The van der Waals surface area contributed by atoms with Gasteiger partial charge in [-0.05, 0) is 30.5 Å². The molecule has 1 atom stereocenters. The Morgan fingerprint density at radius 1 is 1.26 bits per heavy atom. The molecule has 0 saturated carbocycles. The van der Waals surface area contributed by atoms with Gasteiger partial charge in [-0.2, -0.15) is 4.98 Å². The number of amides is 2. The lowest BCUT2D eigenvalue weighted by molar-refractivity contribution is -0.124. The van der Waals surface area contributed by atoms with Crippen LogP contribution in [-0.4, -0.2) is 53.3 Å². The zero-order chi connectivity index (χ0) is 23.7. The van der Waals surface area contributed by atoms with E-state index in [0.29, 0.717) is 40.1 Å². The zero-order valence-electron chi connectivity index (χ0n) is 18.6. The van der Waals surface area contributed by atoms with Crippen LogP contribution in [0.5, 0.6) is 11.5 Å². The molecule has 3 aromatic rings. The summed E-state index contributed by atoms with van der Waals surface area (Å²) in [5.41, 5.74) is 0.901. The zero-order valence-corrected chi connectivity index (χ0v) is 19.4. The van der Waals surface area contributed by atoms with Crippen molar-refractivity contribution in [2.75, 3.05) is 31.8 Å². The van der Waals surface area contributed by atoms with Crippen LogP contribution < -0.4 is 30.6 Å². The highest BCUT2D eigenvalue weighted by Gasteiger charge is 2.27. The minimum absolute atomic E-state index is 0.0121. The van der Waals surface area contributed by atoms with Crippen LogP contribution in [0.3, 0.4) is 0 Å². The van der Waals surface area contributed by atoms with Gasteiger partial charge in [0.2, 0.25) is 18.6 Å². The second kappa shape index (κ2) is 9.29. The van der Waals surface area contributed by atoms with Crippen molar-refractivity contribution < 1.29 is 19.1 Å². The summed E-state index contributed by atoms with van der Waals surface area (Å²) in [6.07, 6.45) is 3.04. The van der Waals surface area contributed by atoms with E-state index < -0.39 is 0 Å². The number of nitrogens with one attached hydrogen (secondary N) is 2. The summed E-state index contributed by atoms with van der Waals surface area (Å²) in [5.74, 6) is 0.921. The van der Waals surface area contributed by atoms with E-state index in [9.17, 15) is 14.4 Å². The van der Waals surface area contributed by atoms with Gasteiger partial charge in [0.15, 0.2) is 22.3 Å².